The quantitative estimate of drug-likeness (QED) is 0.883. The topological polar surface area (TPSA) is 84.6 Å². The van der Waals surface area contributed by atoms with Crippen LogP contribution in [-0.2, 0) is 4.74 Å². The van der Waals surface area contributed by atoms with Crippen molar-refractivity contribution >= 4 is 11.7 Å². The lowest BCUT2D eigenvalue weighted by atomic mass is 10.1. The Labute approximate surface area is 149 Å². The minimum absolute atomic E-state index is 0.0807. The highest BCUT2D eigenvalue weighted by atomic mass is 16.5. The van der Waals surface area contributed by atoms with Gasteiger partial charge >= 0.3 is 0 Å². The third-order valence-corrected chi connectivity index (χ3v) is 5.21. The molecule has 0 radical (unpaired) electrons. The number of nitrogens with zero attached hydrogens (tertiary/aromatic N) is 4. The van der Waals surface area contributed by atoms with E-state index >= 15 is 0 Å². The standard InChI is InChI=1S/C18H29N5O2/c1-4-25-15-6-9-22(10-7-15)18(24)16-20-13(3)12(2)17(21-16)23-8-5-14(19)11-23/h14-15H,4-11,19H2,1-3H3/t14-/m1/s1. The van der Waals surface area contributed by atoms with Gasteiger partial charge in [-0.2, -0.15) is 0 Å². The van der Waals surface area contributed by atoms with Crippen molar-refractivity contribution < 1.29 is 9.53 Å². The van der Waals surface area contributed by atoms with Crippen molar-refractivity contribution in [2.75, 3.05) is 37.7 Å². The third-order valence-electron chi connectivity index (χ3n) is 5.21. The van der Waals surface area contributed by atoms with Crippen LogP contribution in [0, 0.1) is 13.8 Å². The Kier molecular flexibility index (Phi) is 5.54. The van der Waals surface area contributed by atoms with Gasteiger partial charge in [-0.1, -0.05) is 0 Å². The lowest BCUT2D eigenvalue weighted by molar-refractivity contribution is 0.0142. The van der Waals surface area contributed by atoms with Gasteiger partial charge in [-0.25, -0.2) is 9.97 Å². The number of carbonyl (C=O) groups is 1. The average molecular weight is 347 g/mol. The molecule has 7 heteroatoms. The summed E-state index contributed by atoms with van der Waals surface area (Å²) in [5, 5.41) is 0. The number of hydrogen-bond acceptors (Lipinski definition) is 6. The first-order valence-corrected chi connectivity index (χ1v) is 9.26. The summed E-state index contributed by atoms with van der Waals surface area (Å²) in [5.41, 5.74) is 7.92. The average Bonchev–Trinajstić information content (AvgIpc) is 3.04. The van der Waals surface area contributed by atoms with Gasteiger partial charge in [-0.05, 0) is 40.0 Å². The highest BCUT2D eigenvalue weighted by Crippen LogP contribution is 2.24. The lowest BCUT2D eigenvalue weighted by Crippen LogP contribution is -2.41. The molecule has 2 aliphatic heterocycles. The van der Waals surface area contributed by atoms with Gasteiger partial charge in [0, 0.05) is 50.1 Å². The van der Waals surface area contributed by atoms with Crippen LogP contribution in [-0.4, -0.2) is 65.7 Å². The summed E-state index contributed by atoms with van der Waals surface area (Å²) in [7, 11) is 0. The van der Waals surface area contributed by atoms with Gasteiger partial charge in [0.2, 0.25) is 5.82 Å². The Morgan fingerprint density at radius 3 is 2.52 bits per heavy atom. The maximum absolute atomic E-state index is 12.9. The zero-order chi connectivity index (χ0) is 18.0. The van der Waals surface area contributed by atoms with Crippen LogP contribution < -0.4 is 10.6 Å². The smallest absolute Gasteiger partial charge is 0.291 e. The number of piperidine rings is 1. The molecule has 1 aromatic heterocycles. The number of nitrogens with two attached hydrogens (primary N) is 1. The van der Waals surface area contributed by atoms with Crippen LogP contribution in [0.15, 0.2) is 0 Å². The largest absolute Gasteiger partial charge is 0.378 e. The predicted octanol–water partition coefficient (Wildman–Crippen LogP) is 1.27. The van der Waals surface area contributed by atoms with E-state index in [1.807, 2.05) is 25.7 Å². The summed E-state index contributed by atoms with van der Waals surface area (Å²) >= 11 is 0. The van der Waals surface area contributed by atoms with Gasteiger partial charge in [0.25, 0.3) is 5.91 Å². The highest BCUT2D eigenvalue weighted by molar-refractivity contribution is 5.91. The molecule has 25 heavy (non-hydrogen) atoms. The SMILES string of the molecule is CCOC1CCN(C(=O)c2nc(C)c(C)c(N3CC[C@@H](N)C3)n2)CC1. The van der Waals surface area contributed by atoms with E-state index in [0.717, 1.165) is 56.0 Å². The summed E-state index contributed by atoms with van der Waals surface area (Å²) < 4.78 is 5.66. The van der Waals surface area contributed by atoms with E-state index in [0.29, 0.717) is 18.9 Å². The molecule has 2 fully saturated rings. The maximum Gasteiger partial charge on any atom is 0.291 e. The van der Waals surface area contributed by atoms with E-state index in [1.165, 1.54) is 0 Å². The molecule has 1 atom stereocenters. The van der Waals surface area contributed by atoms with E-state index in [2.05, 4.69) is 14.9 Å². The fraction of sp³-hybridized carbons (Fsp3) is 0.722. The second kappa shape index (κ2) is 7.66. The van der Waals surface area contributed by atoms with Crippen molar-refractivity contribution in [1.29, 1.82) is 0 Å². The first-order chi connectivity index (χ1) is 12.0. The highest BCUT2D eigenvalue weighted by Gasteiger charge is 2.28. The van der Waals surface area contributed by atoms with Crippen LogP contribution in [0.1, 0.15) is 48.1 Å². The van der Waals surface area contributed by atoms with Crippen LogP contribution in [0.25, 0.3) is 0 Å². The van der Waals surface area contributed by atoms with Crippen LogP contribution in [0.3, 0.4) is 0 Å². The second-order valence-electron chi connectivity index (χ2n) is 7.02. The van der Waals surface area contributed by atoms with Crippen molar-refractivity contribution in [2.45, 2.75) is 52.2 Å². The Morgan fingerprint density at radius 1 is 1.20 bits per heavy atom. The number of anilines is 1. The summed E-state index contributed by atoms with van der Waals surface area (Å²) in [6.07, 6.45) is 2.96. The molecule has 2 saturated heterocycles. The number of aromatic nitrogens is 2. The van der Waals surface area contributed by atoms with Crippen molar-refractivity contribution in [3.8, 4) is 0 Å². The van der Waals surface area contributed by atoms with E-state index in [9.17, 15) is 4.79 Å². The van der Waals surface area contributed by atoms with Gasteiger partial charge in [-0.15, -0.1) is 0 Å². The van der Waals surface area contributed by atoms with E-state index < -0.39 is 0 Å². The Morgan fingerprint density at radius 2 is 1.92 bits per heavy atom. The fourth-order valence-corrected chi connectivity index (χ4v) is 3.60. The van der Waals surface area contributed by atoms with E-state index in [4.69, 9.17) is 10.5 Å². The molecule has 0 unspecified atom stereocenters. The molecule has 138 valence electrons. The van der Waals surface area contributed by atoms with Gasteiger partial charge in [0.15, 0.2) is 0 Å². The number of aryl methyl sites for hydroxylation is 1. The number of likely N-dealkylation sites (tertiary alicyclic amines) is 1. The van der Waals surface area contributed by atoms with Gasteiger partial charge < -0.3 is 20.3 Å². The minimum atomic E-state index is -0.0807. The summed E-state index contributed by atoms with van der Waals surface area (Å²) in [4.78, 5) is 26.0. The van der Waals surface area contributed by atoms with Crippen LogP contribution >= 0.6 is 0 Å². The van der Waals surface area contributed by atoms with Crippen molar-refractivity contribution in [2.24, 2.45) is 5.73 Å². The first kappa shape index (κ1) is 18.1. The number of carbonyl (C=O) groups excluding carboxylic acids is 1. The minimum Gasteiger partial charge on any atom is -0.378 e. The Hall–Kier alpha value is -1.73. The third kappa shape index (κ3) is 3.93. The monoisotopic (exact) mass is 347 g/mol. The molecule has 3 heterocycles. The molecule has 2 aliphatic rings. The Balaban J connectivity index is 1.76. The molecule has 7 nitrogen and oxygen atoms in total. The van der Waals surface area contributed by atoms with Crippen LogP contribution in [0.5, 0.6) is 0 Å². The number of rotatable bonds is 4. The molecular formula is C18H29N5O2. The molecule has 3 rings (SSSR count). The van der Waals surface area contributed by atoms with Gasteiger partial charge in [0.1, 0.15) is 5.82 Å². The molecule has 1 aromatic rings. The zero-order valence-corrected chi connectivity index (χ0v) is 15.5. The fourth-order valence-electron chi connectivity index (χ4n) is 3.60. The molecule has 0 aromatic carbocycles. The van der Waals surface area contributed by atoms with E-state index in [1.54, 1.807) is 0 Å². The zero-order valence-electron chi connectivity index (χ0n) is 15.5. The number of ether oxygens (including phenoxy) is 1. The normalized spacial score (nSPS) is 21.8. The number of amides is 1. The summed E-state index contributed by atoms with van der Waals surface area (Å²) in [6, 6.07) is 0.173. The van der Waals surface area contributed by atoms with Gasteiger partial charge in [-0.3, -0.25) is 4.79 Å². The summed E-state index contributed by atoms with van der Waals surface area (Å²) in [6.45, 7) is 9.74. The van der Waals surface area contributed by atoms with Crippen LogP contribution in [0.2, 0.25) is 0 Å². The Bertz CT molecular complexity index is 628. The molecule has 2 N–H and O–H groups in total. The predicted molar refractivity (Wildman–Crippen MR) is 96.9 cm³/mol. The van der Waals surface area contributed by atoms with Crippen molar-refractivity contribution in [3.63, 3.8) is 0 Å². The van der Waals surface area contributed by atoms with Crippen LogP contribution in [0.4, 0.5) is 5.82 Å². The van der Waals surface area contributed by atoms with E-state index in [-0.39, 0.29) is 18.1 Å². The number of hydrogen-bond donors (Lipinski definition) is 1. The molecule has 1 amide bonds. The maximum atomic E-state index is 12.9. The molecule has 0 bridgehead atoms. The molecule has 0 saturated carbocycles. The van der Waals surface area contributed by atoms with Crippen molar-refractivity contribution in [1.82, 2.24) is 14.9 Å². The van der Waals surface area contributed by atoms with Crippen molar-refractivity contribution in [3.05, 3.63) is 17.1 Å². The van der Waals surface area contributed by atoms with Gasteiger partial charge in [0.05, 0.1) is 6.10 Å². The molecule has 0 spiro atoms. The first-order valence-electron chi connectivity index (χ1n) is 9.26. The second-order valence-corrected chi connectivity index (χ2v) is 7.02. The lowest BCUT2D eigenvalue weighted by Gasteiger charge is -2.31. The molecule has 0 aliphatic carbocycles. The summed E-state index contributed by atoms with van der Waals surface area (Å²) in [5.74, 6) is 1.07. The molecular weight excluding hydrogens is 318 g/mol.